The predicted molar refractivity (Wildman–Crippen MR) is 108 cm³/mol. The zero-order valence-corrected chi connectivity index (χ0v) is 16.4. The van der Waals surface area contributed by atoms with Gasteiger partial charge >= 0.3 is 0 Å². The first kappa shape index (κ1) is 18.4. The van der Waals surface area contributed by atoms with Gasteiger partial charge < -0.3 is 15.3 Å². The molecule has 1 aromatic carbocycles. The molecule has 7 heteroatoms. The number of fused-ring (bicyclic) bond motifs is 1. The summed E-state index contributed by atoms with van der Waals surface area (Å²) in [5.74, 6) is 0.734. The van der Waals surface area contributed by atoms with Crippen LogP contribution in [0.5, 0.6) is 5.75 Å². The van der Waals surface area contributed by atoms with E-state index in [1.54, 1.807) is 24.3 Å². The van der Waals surface area contributed by atoms with E-state index in [-0.39, 0.29) is 17.7 Å². The number of likely N-dealkylation sites (tertiary alicyclic amines) is 1. The molecule has 3 N–H and O–H groups in total. The molecule has 146 valence electrons. The fraction of sp³-hybridized carbons (Fsp3) is 0.381. The van der Waals surface area contributed by atoms with Crippen molar-refractivity contribution >= 4 is 16.9 Å². The number of nitrogens with one attached hydrogen (secondary N) is 2. The topological polar surface area (TPSA) is 94.1 Å². The van der Waals surface area contributed by atoms with E-state index in [4.69, 9.17) is 0 Å². The molecule has 4 rings (SSSR count). The molecule has 3 aromatic rings. The highest BCUT2D eigenvalue weighted by Gasteiger charge is 2.30. The van der Waals surface area contributed by atoms with Gasteiger partial charge in [-0.3, -0.25) is 9.89 Å². The SMILES string of the molecule is CN[C@H]1CN(C(=O)c2cc(-c3ccc(O)cc3)nc3[nH]nc(C)c23)CC[C@H]1C. The van der Waals surface area contributed by atoms with Crippen LogP contribution in [0.15, 0.2) is 30.3 Å². The molecule has 0 saturated carbocycles. The van der Waals surface area contributed by atoms with Crippen molar-refractivity contribution in [2.45, 2.75) is 26.3 Å². The summed E-state index contributed by atoms with van der Waals surface area (Å²) in [6.07, 6.45) is 0.973. The van der Waals surface area contributed by atoms with Crippen LogP contribution >= 0.6 is 0 Å². The molecule has 0 bridgehead atoms. The average molecular weight is 379 g/mol. The van der Waals surface area contributed by atoms with Crippen molar-refractivity contribution in [3.8, 4) is 17.0 Å². The highest BCUT2D eigenvalue weighted by Crippen LogP contribution is 2.29. The van der Waals surface area contributed by atoms with Gasteiger partial charge in [0.25, 0.3) is 5.91 Å². The monoisotopic (exact) mass is 379 g/mol. The van der Waals surface area contributed by atoms with Crippen molar-refractivity contribution in [1.29, 1.82) is 0 Å². The summed E-state index contributed by atoms with van der Waals surface area (Å²) in [6.45, 7) is 5.53. The van der Waals surface area contributed by atoms with Crippen LogP contribution in [0.4, 0.5) is 0 Å². The number of pyridine rings is 1. The van der Waals surface area contributed by atoms with Gasteiger partial charge in [0.2, 0.25) is 0 Å². The highest BCUT2D eigenvalue weighted by molar-refractivity contribution is 6.07. The lowest BCUT2D eigenvalue weighted by Crippen LogP contribution is -2.51. The van der Waals surface area contributed by atoms with Gasteiger partial charge in [-0.25, -0.2) is 4.98 Å². The number of aryl methyl sites for hydroxylation is 1. The number of carbonyl (C=O) groups is 1. The van der Waals surface area contributed by atoms with Crippen LogP contribution in [-0.4, -0.2) is 57.3 Å². The molecule has 3 heterocycles. The number of piperidine rings is 1. The second-order valence-electron chi connectivity index (χ2n) is 7.55. The van der Waals surface area contributed by atoms with Gasteiger partial charge in [0, 0.05) is 24.7 Å². The molecule has 1 aliphatic rings. The zero-order valence-electron chi connectivity index (χ0n) is 16.4. The maximum atomic E-state index is 13.5. The van der Waals surface area contributed by atoms with Crippen molar-refractivity contribution in [1.82, 2.24) is 25.4 Å². The van der Waals surface area contributed by atoms with Gasteiger partial charge in [-0.2, -0.15) is 5.10 Å². The number of carbonyl (C=O) groups excluding carboxylic acids is 1. The molecule has 0 aliphatic carbocycles. The number of H-pyrrole nitrogens is 1. The molecule has 28 heavy (non-hydrogen) atoms. The Kier molecular flexibility index (Phi) is 4.77. The van der Waals surface area contributed by atoms with Crippen molar-refractivity contribution in [3.05, 3.63) is 41.6 Å². The molecule has 7 nitrogen and oxygen atoms in total. The molecule has 2 aromatic heterocycles. The van der Waals surface area contributed by atoms with Crippen molar-refractivity contribution in [3.63, 3.8) is 0 Å². The summed E-state index contributed by atoms with van der Waals surface area (Å²) in [7, 11) is 1.95. The number of aromatic amines is 1. The Labute approximate surface area is 163 Å². The summed E-state index contributed by atoms with van der Waals surface area (Å²) in [4.78, 5) is 20.0. The Balaban J connectivity index is 1.77. The first-order valence-electron chi connectivity index (χ1n) is 9.59. The second kappa shape index (κ2) is 7.24. The number of benzene rings is 1. The number of hydrogen-bond acceptors (Lipinski definition) is 5. The summed E-state index contributed by atoms with van der Waals surface area (Å²) in [5, 5.41) is 20.9. The van der Waals surface area contributed by atoms with Crippen LogP contribution < -0.4 is 5.32 Å². The van der Waals surface area contributed by atoms with E-state index in [9.17, 15) is 9.90 Å². The number of aromatic nitrogens is 3. The molecule has 1 aliphatic heterocycles. The van der Waals surface area contributed by atoms with Gasteiger partial charge in [0.05, 0.1) is 22.3 Å². The quantitative estimate of drug-likeness (QED) is 0.650. The third-order valence-corrected chi connectivity index (χ3v) is 5.72. The Morgan fingerprint density at radius 2 is 2.07 bits per heavy atom. The predicted octanol–water partition coefficient (Wildman–Crippen LogP) is 2.71. The Hall–Kier alpha value is -2.93. The van der Waals surface area contributed by atoms with Gasteiger partial charge in [-0.1, -0.05) is 6.92 Å². The first-order chi connectivity index (χ1) is 13.5. The number of rotatable bonds is 3. The minimum Gasteiger partial charge on any atom is -0.508 e. The fourth-order valence-corrected chi connectivity index (χ4v) is 3.93. The van der Waals surface area contributed by atoms with Crippen molar-refractivity contribution in [2.75, 3.05) is 20.1 Å². The lowest BCUT2D eigenvalue weighted by molar-refractivity contribution is 0.0656. The van der Waals surface area contributed by atoms with E-state index in [0.717, 1.165) is 29.6 Å². The number of aromatic hydroxyl groups is 1. The van der Waals surface area contributed by atoms with E-state index in [0.29, 0.717) is 29.4 Å². The van der Waals surface area contributed by atoms with Crippen LogP contribution in [0.1, 0.15) is 29.4 Å². The normalized spacial score (nSPS) is 19.9. The van der Waals surface area contributed by atoms with E-state index < -0.39 is 0 Å². The number of amides is 1. The number of phenolic OH excluding ortho intramolecular Hbond substituents is 1. The van der Waals surface area contributed by atoms with Crippen LogP contribution in [0.3, 0.4) is 0 Å². The Morgan fingerprint density at radius 1 is 1.32 bits per heavy atom. The molecule has 0 spiro atoms. The number of hydrogen-bond donors (Lipinski definition) is 3. The molecular weight excluding hydrogens is 354 g/mol. The Morgan fingerprint density at radius 3 is 2.79 bits per heavy atom. The van der Waals surface area contributed by atoms with E-state index in [1.165, 1.54) is 0 Å². The molecule has 1 fully saturated rings. The highest BCUT2D eigenvalue weighted by atomic mass is 16.3. The third kappa shape index (κ3) is 3.22. The van der Waals surface area contributed by atoms with E-state index in [1.807, 2.05) is 24.9 Å². The lowest BCUT2D eigenvalue weighted by atomic mass is 9.93. The Bertz CT molecular complexity index is 1010. The number of nitrogens with zero attached hydrogens (tertiary/aromatic N) is 3. The zero-order chi connectivity index (χ0) is 19.8. The van der Waals surface area contributed by atoms with Crippen LogP contribution in [0, 0.1) is 12.8 Å². The maximum absolute atomic E-state index is 13.5. The molecule has 1 amide bonds. The minimum absolute atomic E-state index is 0.00378. The van der Waals surface area contributed by atoms with Gasteiger partial charge in [0.15, 0.2) is 5.65 Å². The lowest BCUT2D eigenvalue weighted by Gasteiger charge is -2.37. The average Bonchev–Trinajstić information content (AvgIpc) is 3.08. The van der Waals surface area contributed by atoms with E-state index in [2.05, 4.69) is 27.4 Å². The number of phenols is 1. The third-order valence-electron chi connectivity index (χ3n) is 5.72. The van der Waals surface area contributed by atoms with Crippen LogP contribution in [0.2, 0.25) is 0 Å². The standard InChI is InChI=1S/C21H25N5O2/c1-12-8-9-26(11-18(12)22-3)21(28)16-10-17(14-4-6-15(27)7-5-14)23-20-19(16)13(2)24-25-20/h4-7,10,12,18,22,27H,8-9,11H2,1-3H3,(H,23,24,25)/t12-,18+/m1/s1. The maximum Gasteiger partial charge on any atom is 0.254 e. The summed E-state index contributed by atoms with van der Waals surface area (Å²) < 4.78 is 0. The molecule has 0 unspecified atom stereocenters. The first-order valence-corrected chi connectivity index (χ1v) is 9.59. The fourth-order valence-electron chi connectivity index (χ4n) is 3.93. The van der Waals surface area contributed by atoms with Crippen LogP contribution in [-0.2, 0) is 0 Å². The van der Waals surface area contributed by atoms with Crippen molar-refractivity contribution < 1.29 is 9.90 Å². The van der Waals surface area contributed by atoms with Gasteiger partial charge in [-0.15, -0.1) is 0 Å². The minimum atomic E-state index is 0.00378. The van der Waals surface area contributed by atoms with Gasteiger partial charge in [-0.05, 0) is 56.6 Å². The van der Waals surface area contributed by atoms with Crippen LogP contribution in [0.25, 0.3) is 22.3 Å². The van der Waals surface area contributed by atoms with E-state index >= 15 is 0 Å². The summed E-state index contributed by atoms with van der Waals surface area (Å²) in [5.41, 5.74) is 3.49. The number of likely N-dealkylation sites (N-methyl/N-ethyl adjacent to an activating group) is 1. The second-order valence-corrected chi connectivity index (χ2v) is 7.55. The molecular formula is C21H25N5O2. The van der Waals surface area contributed by atoms with Gasteiger partial charge in [0.1, 0.15) is 5.75 Å². The summed E-state index contributed by atoms with van der Waals surface area (Å²) in [6, 6.07) is 8.94. The molecule has 2 atom stereocenters. The molecule has 0 radical (unpaired) electrons. The summed E-state index contributed by atoms with van der Waals surface area (Å²) >= 11 is 0. The largest absolute Gasteiger partial charge is 0.508 e. The van der Waals surface area contributed by atoms with Crippen molar-refractivity contribution in [2.24, 2.45) is 5.92 Å². The molecule has 1 saturated heterocycles. The smallest absolute Gasteiger partial charge is 0.254 e.